The molecule has 0 amide bonds. The Labute approximate surface area is 176 Å². The van der Waals surface area contributed by atoms with Gasteiger partial charge in [-0.15, -0.1) is 0 Å². The van der Waals surface area contributed by atoms with Crippen LogP contribution in [0.2, 0.25) is 10.0 Å². The van der Waals surface area contributed by atoms with E-state index in [1.54, 1.807) is 25.1 Å². The van der Waals surface area contributed by atoms with E-state index >= 15 is 0 Å². The number of Topliss-reactive ketones (excluding diaryl/α,β-unsaturated/α-hetero) is 1. The normalized spacial score (nSPS) is 15.6. The number of phenols is 1. The fourth-order valence-electron chi connectivity index (χ4n) is 2.45. The van der Waals surface area contributed by atoms with Gasteiger partial charge in [-0.25, -0.2) is 4.99 Å². The number of para-hydroxylation sites is 1. The minimum absolute atomic E-state index is 0.0328. The van der Waals surface area contributed by atoms with Crippen LogP contribution in [-0.2, 0) is 4.79 Å². The average molecular weight is 438 g/mol. The monoisotopic (exact) mass is 436 g/mol. The molecule has 3 rings (SSSR count). The quantitative estimate of drug-likeness (QED) is 0.474. The van der Waals surface area contributed by atoms with Gasteiger partial charge in [-0.3, -0.25) is 4.79 Å². The van der Waals surface area contributed by atoms with Gasteiger partial charge in [-0.1, -0.05) is 53.0 Å². The van der Waals surface area contributed by atoms with Crippen molar-refractivity contribution < 1.29 is 14.6 Å². The first kappa shape index (κ1) is 20.3. The number of nitrogens with zero attached hydrogens (tertiary/aromatic N) is 1. The summed E-state index contributed by atoms with van der Waals surface area (Å²) in [6, 6.07) is 12.2. The third kappa shape index (κ3) is 4.50. The van der Waals surface area contributed by atoms with Crippen LogP contribution >= 0.6 is 34.8 Å². The highest BCUT2D eigenvalue weighted by Gasteiger charge is 2.24. The summed E-state index contributed by atoms with van der Waals surface area (Å²) in [4.78, 5) is 16.6. The van der Waals surface area contributed by atoms with Crippen molar-refractivity contribution in [1.82, 2.24) is 0 Å². The molecule has 0 unspecified atom stereocenters. The molecule has 0 heterocycles. The standard InChI is InChI=1S/C20H15Cl3N2O3/c1-11-16(25-12-7-14(21)19(26)15(22)8-12)9-17(20(27)18(11)23)24-10-28-13-5-3-2-4-6-13/h2-9,25-26H,10H2,1H3. The second kappa shape index (κ2) is 8.69. The van der Waals surface area contributed by atoms with Gasteiger partial charge in [0.05, 0.1) is 15.1 Å². The molecule has 1 aliphatic rings. The Morgan fingerprint density at radius 3 is 2.39 bits per heavy atom. The molecule has 0 bridgehead atoms. The summed E-state index contributed by atoms with van der Waals surface area (Å²) in [6.07, 6.45) is 1.58. The molecule has 1 aliphatic carbocycles. The van der Waals surface area contributed by atoms with Crippen molar-refractivity contribution in [2.75, 3.05) is 12.0 Å². The Bertz CT molecular complexity index is 992. The van der Waals surface area contributed by atoms with Gasteiger partial charge in [0, 0.05) is 11.4 Å². The van der Waals surface area contributed by atoms with E-state index in [2.05, 4.69) is 10.3 Å². The minimum Gasteiger partial charge on any atom is -0.505 e. The van der Waals surface area contributed by atoms with Gasteiger partial charge in [0.2, 0.25) is 5.78 Å². The molecule has 0 aromatic heterocycles. The topological polar surface area (TPSA) is 70.9 Å². The number of ether oxygens (including phenoxy) is 1. The number of benzene rings is 2. The highest BCUT2D eigenvalue weighted by atomic mass is 35.5. The van der Waals surface area contributed by atoms with Gasteiger partial charge < -0.3 is 15.2 Å². The van der Waals surface area contributed by atoms with Gasteiger partial charge in [0.15, 0.2) is 12.5 Å². The molecule has 144 valence electrons. The SMILES string of the molecule is CC1=C(Cl)C(=O)C(=NCOc2ccccc2)C=C1Nc1cc(Cl)c(O)c(Cl)c1. The summed E-state index contributed by atoms with van der Waals surface area (Å²) >= 11 is 18.1. The van der Waals surface area contributed by atoms with E-state index in [1.807, 2.05) is 18.2 Å². The lowest BCUT2D eigenvalue weighted by Gasteiger charge is -2.18. The zero-order valence-corrected chi connectivity index (χ0v) is 16.9. The molecule has 0 radical (unpaired) electrons. The maximum Gasteiger partial charge on any atom is 0.222 e. The van der Waals surface area contributed by atoms with Crippen molar-refractivity contribution in [3.63, 3.8) is 0 Å². The van der Waals surface area contributed by atoms with Crippen LogP contribution in [0.25, 0.3) is 0 Å². The predicted molar refractivity (Wildman–Crippen MR) is 113 cm³/mol. The molecule has 0 saturated heterocycles. The maximum absolute atomic E-state index is 12.4. The third-order valence-electron chi connectivity index (χ3n) is 3.95. The first-order chi connectivity index (χ1) is 13.4. The van der Waals surface area contributed by atoms with Crippen LogP contribution < -0.4 is 10.1 Å². The van der Waals surface area contributed by atoms with Crippen molar-refractivity contribution in [1.29, 1.82) is 0 Å². The summed E-state index contributed by atoms with van der Waals surface area (Å²) in [5.41, 5.74) is 1.79. The summed E-state index contributed by atoms with van der Waals surface area (Å²) < 4.78 is 5.51. The van der Waals surface area contributed by atoms with Crippen molar-refractivity contribution in [3.05, 3.63) is 74.9 Å². The highest BCUT2D eigenvalue weighted by molar-refractivity contribution is 6.62. The lowest BCUT2D eigenvalue weighted by molar-refractivity contribution is -0.109. The number of hydrogen-bond donors (Lipinski definition) is 2. The van der Waals surface area contributed by atoms with Gasteiger partial charge in [0.25, 0.3) is 0 Å². The van der Waals surface area contributed by atoms with Gasteiger partial charge in [0.1, 0.15) is 11.5 Å². The van der Waals surface area contributed by atoms with E-state index in [1.165, 1.54) is 12.1 Å². The van der Waals surface area contributed by atoms with Gasteiger partial charge in [-0.05, 0) is 42.8 Å². The van der Waals surface area contributed by atoms with Crippen LogP contribution in [0, 0.1) is 0 Å². The Morgan fingerprint density at radius 1 is 1.11 bits per heavy atom. The fourth-order valence-corrected chi connectivity index (χ4v) is 3.13. The molecule has 0 fully saturated rings. The molecule has 0 atom stereocenters. The molecule has 28 heavy (non-hydrogen) atoms. The van der Waals surface area contributed by atoms with E-state index < -0.39 is 0 Å². The lowest BCUT2D eigenvalue weighted by atomic mass is 10.0. The smallest absolute Gasteiger partial charge is 0.222 e. The zero-order valence-electron chi connectivity index (χ0n) is 14.7. The van der Waals surface area contributed by atoms with Crippen LogP contribution in [-0.4, -0.2) is 23.3 Å². The van der Waals surface area contributed by atoms with Crippen molar-refractivity contribution in [2.45, 2.75) is 6.92 Å². The van der Waals surface area contributed by atoms with E-state index in [-0.39, 0.29) is 39.1 Å². The molecule has 0 aliphatic heterocycles. The number of halogens is 3. The Hall–Kier alpha value is -2.47. The number of nitrogens with one attached hydrogen (secondary N) is 1. The average Bonchev–Trinajstić information content (AvgIpc) is 2.68. The van der Waals surface area contributed by atoms with Gasteiger partial charge in [-0.2, -0.15) is 0 Å². The van der Waals surface area contributed by atoms with Crippen LogP contribution in [0.3, 0.4) is 0 Å². The van der Waals surface area contributed by atoms with Crippen molar-refractivity contribution >= 4 is 52.0 Å². The van der Waals surface area contributed by atoms with Crippen molar-refractivity contribution in [3.8, 4) is 11.5 Å². The third-order valence-corrected chi connectivity index (χ3v) is 4.98. The molecule has 0 saturated carbocycles. The number of aliphatic imine (C=N–C) groups is 1. The molecular formula is C20H15Cl3N2O3. The second-order valence-corrected chi connectivity index (χ2v) is 7.06. The Morgan fingerprint density at radius 2 is 1.75 bits per heavy atom. The molecule has 2 aromatic carbocycles. The fraction of sp³-hybridized carbons (Fsp3) is 0.100. The molecule has 2 aromatic rings. The predicted octanol–water partition coefficient (Wildman–Crippen LogP) is 5.57. The van der Waals surface area contributed by atoms with Crippen LogP contribution in [0.15, 0.2) is 69.8 Å². The van der Waals surface area contributed by atoms with Crippen LogP contribution in [0.1, 0.15) is 6.92 Å². The Balaban J connectivity index is 1.83. The van der Waals surface area contributed by atoms with Crippen LogP contribution in [0.4, 0.5) is 5.69 Å². The Kier molecular flexibility index (Phi) is 6.29. The second-order valence-electron chi connectivity index (χ2n) is 5.87. The summed E-state index contributed by atoms with van der Waals surface area (Å²) in [7, 11) is 0. The van der Waals surface area contributed by atoms with E-state index in [9.17, 15) is 9.90 Å². The van der Waals surface area contributed by atoms with Crippen molar-refractivity contribution in [2.24, 2.45) is 4.99 Å². The number of allylic oxidation sites excluding steroid dienone is 3. The number of carbonyl (C=O) groups is 1. The first-order valence-electron chi connectivity index (χ1n) is 8.17. The molecule has 8 heteroatoms. The number of carbonyl (C=O) groups excluding carboxylic acids is 1. The molecular weight excluding hydrogens is 423 g/mol. The number of phenolic OH excluding ortho intramolecular Hbond substituents is 1. The number of rotatable bonds is 5. The number of ketones is 1. The first-order valence-corrected chi connectivity index (χ1v) is 9.30. The number of aromatic hydroxyl groups is 1. The van der Waals surface area contributed by atoms with E-state index in [0.29, 0.717) is 22.7 Å². The summed E-state index contributed by atoms with van der Waals surface area (Å²) in [6.45, 7) is 1.68. The summed E-state index contributed by atoms with van der Waals surface area (Å²) in [5.74, 6) is 0.0547. The molecule has 5 nitrogen and oxygen atoms in total. The van der Waals surface area contributed by atoms with Gasteiger partial charge >= 0.3 is 0 Å². The number of hydrogen-bond acceptors (Lipinski definition) is 5. The molecule has 0 spiro atoms. The summed E-state index contributed by atoms with van der Waals surface area (Å²) in [5, 5.41) is 13.0. The van der Waals surface area contributed by atoms with E-state index in [4.69, 9.17) is 39.5 Å². The van der Waals surface area contributed by atoms with E-state index in [0.717, 1.165) is 0 Å². The lowest BCUT2D eigenvalue weighted by Crippen LogP contribution is -2.22. The zero-order chi connectivity index (χ0) is 20.3. The minimum atomic E-state index is -0.386. The largest absolute Gasteiger partial charge is 0.505 e. The number of anilines is 1. The van der Waals surface area contributed by atoms with Crippen LogP contribution in [0.5, 0.6) is 11.5 Å². The molecule has 2 N–H and O–H groups in total. The maximum atomic E-state index is 12.4. The highest BCUT2D eigenvalue weighted by Crippen LogP contribution is 2.36.